The van der Waals surface area contributed by atoms with Crippen LogP contribution in [0.15, 0.2) is 47.4 Å². The minimum absolute atomic E-state index is 0.0855. The molecule has 2 aliphatic rings. The highest BCUT2D eigenvalue weighted by Gasteiger charge is 2.34. The average Bonchev–Trinajstić information content (AvgIpc) is 3.07. The molecule has 34 heavy (non-hydrogen) atoms. The van der Waals surface area contributed by atoms with E-state index in [0.29, 0.717) is 31.1 Å². The highest BCUT2D eigenvalue weighted by Crippen LogP contribution is 2.34. The number of piperidine rings is 1. The molecule has 0 atom stereocenters. The molecule has 0 N–H and O–H groups in total. The van der Waals surface area contributed by atoms with Crippen LogP contribution in [0.25, 0.3) is 0 Å². The van der Waals surface area contributed by atoms with Gasteiger partial charge in [0.05, 0.1) is 29.6 Å². The summed E-state index contributed by atoms with van der Waals surface area (Å²) < 4.78 is 82.3. The third-order valence-electron chi connectivity index (χ3n) is 5.78. The number of benzene rings is 2. The van der Waals surface area contributed by atoms with E-state index in [2.05, 4.69) is 0 Å². The third-order valence-corrected chi connectivity index (χ3v) is 7.67. The maximum atomic E-state index is 13.1. The van der Waals surface area contributed by atoms with Gasteiger partial charge in [0.15, 0.2) is 11.5 Å². The van der Waals surface area contributed by atoms with Crippen LogP contribution >= 0.6 is 0 Å². The summed E-state index contributed by atoms with van der Waals surface area (Å²) in [4.78, 5) is 12.5. The molecule has 4 rings (SSSR count). The first-order chi connectivity index (χ1) is 16.1. The Morgan fingerprint density at radius 3 is 2.44 bits per heavy atom. The molecule has 2 aromatic carbocycles. The van der Waals surface area contributed by atoms with Crippen LogP contribution in [-0.2, 0) is 32.3 Å². The lowest BCUT2D eigenvalue weighted by Crippen LogP contribution is -2.40. The number of nitrogens with zero attached hydrogens (tertiary/aromatic N) is 1. The molecule has 184 valence electrons. The Kier molecular flexibility index (Phi) is 7.04. The van der Waals surface area contributed by atoms with Crippen LogP contribution in [0.3, 0.4) is 0 Å². The summed E-state index contributed by atoms with van der Waals surface area (Å²) in [6.07, 6.45) is -3.26. The second-order valence-electron chi connectivity index (χ2n) is 8.14. The van der Waals surface area contributed by atoms with Crippen molar-refractivity contribution >= 4 is 16.0 Å². The molecular formula is C23H24F3NO6S. The van der Waals surface area contributed by atoms with Gasteiger partial charge in [-0.05, 0) is 42.7 Å². The Morgan fingerprint density at radius 2 is 1.74 bits per heavy atom. The molecular weight excluding hydrogens is 475 g/mol. The predicted molar refractivity (Wildman–Crippen MR) is 115 cm³/mol. The summed E-state index contributed by atoms with van der Waals surface area (Å²) in [5.41, 5.74) is -0.577. The lowest BCUT2D eigenvalue weighted by Gasteiger charge is -2.30. The molecule has 7 nitrogen and oxygen atoms in total. The number of carbonyl (C=O) groups excluding carboxylic acids is 1. The Hall–Kier alpha value is -2.79. The quantitative estimate of drug-likeness (QED) is 0.579. The maximum absolute atomic E-state index is 13.1. The van der Waals surface area contributed by atoms with E-state index in [4.69, 9.17) is 14.2 Å². The number of carbonyl (C=O) groups is 1. The molecule has 0 spiro atoms. The fraction of sp³-hybridized carbons (Fsp3) is 0.435. The smallest absolute Gasteiger partial charge is 0.416 e. The van der Waals surface area contributed by atoms with Crippen LogP contribution in [0.4, 0.5) is 13.2 Å². The number of fused-ring (bicyclic) bond motifs is 1. The number of halogens is 3. The van der Waals surface area contributed by atoms with Crippen molar-refractivity contribution in [3.05, 3.63) is 53.6 Å². The first kappa shape index (κ1) is 24.3. The van der Waals surface area contributed by atoms with E-state index >= 15 is 0 Å². The van der Waals surface area contributed by atoms with E-state index in [1.807, 2.05) is 0 Å². The first-order valence-corrected chi connectivity index (χ1v) is 12.3. The number of alkyl halides is 3. The van der Waals surface area contributed by atoms with Crippen LogP contribution in [0.1, 0.15) is 30.4 Å². The van der Waals surface area contributed by atoms with E-state index in [-0.39, 0.29) is 43.0 Å². The second kappa shape index (κ2) is 9.83. The van der Waals surface area contributed by atoms with E-state index < -0.39 is 33.7 Å². The first-order valence-electron chi connectivity index (χ1n) is 10.9. The van der Waals surface area contributed by atoms with Crippen LogP contribution in [0, 0.1) is 5.92 Å². The summed E-state index contributed by atoms with van der Waals surface area (Å²) in [5, 5.41) is 0. The summed E-state index contributed by atoms with van der Waals surface area (Å²) in [6.45, 7) is 0.902. The predicted octanol–water partition coefficient (Wildman–Crippen LogP) is 4.01. The topological polar surface area (TPSA) is 82.1 Å². The van der Waals surface area contributed by atoms with Crippen molar-refractivity contribution < 1.29 is 40.6 Å². The average molecular weight is 500 g/mol. The zero-order valence-electron chi connectivity index (χ0n) is 18.2. The van der Waals surface area contributed by atoms with Crippen molar-refractivity contribution in [1.29, 1.82) is 0 Å². The number of hydrogen-bond acceptors (Lipinski definition) is 6. The van der Waals surface area contributed by atoms with E-state index in [0.717, 1.165) is 12.1 Å². The molecule has 11 heteroatoms. The van der Waals surface area contributed by atoms with Gasteiger partial charge in [0.2, 0.25) is 10.0 Å². The second-order valence-corrected chi connectivity index (χ2v) is 10.1. The van der Waals surface area contributed by atoms with Gasteiger partial charge in [-0.2, -0.15) is 17.5 Å². The zero-order chi connectivity index (χ0) is 24.3. The molecule has 0 amide bonds. The molecule has 1 saturated heterocycles. The van der Waals surface area contributed by atoms with Crippen molar-refractivity contribution in [2.45, 2.75) is 36.9 Å². The number of rotatable bonds is 5. The van der Waals surface area contributed by atoms with Gasteiger partial charge in [0, 0.05) is 25.6 Å². The fourth-order valence-electron chi connectivity index (χ4n) is 3.89. The minimum Gasteiger partial charge on any atom is -0.490 e. The van der Waals surface area contributed by atoms with E-state index in [9.17, 15) is 26.4 Å². The van der Waals surface area contributed by atoms with Gasteiger partial charge in [0.1, 0.15) is 6.61 Å². The van der Waals surface area contributed by atoms with Crippen LogP contribution in [0.2, 0.25) is 0 Å². The highest BCUT2D eigenvalue weighted by molar-refractivity contribution is 7.89. The summed E-state index contributed by atoms with van der Waals surface area (Å²) in [6, 6.07) is 9.10. The van der Waals surface area contributed by atoms with Crippen LogP contribution in [0.5, 0.6) is 11.5 Å². The Morgan fingerprint density at radius 1 is 1.03 bits per heavy atom. The van der Waals surface area contributed by atoms with Gasteiger partial charge in [-0.15, -0.1) is 0 Å². The van der Waals surface area contributed by atoms with Crippen molar-refractivity contribution in [3.8, 4) is 11.5 Å². The minimum atomic E-state index is -4.48. The molecule has 0 unspecified atom stereocenters. The van der Waals surface area contributed by atoms with Gasteiger partial charge in [-0.1, -0.05) is 12.1 Å². The molecule has 0 saturated carbocycles. The highest BCUT2D eigenvalue weighted by atomic mass is 32.2. The Bertz CT molecular complexity index is 1140. The lowest BCUT2D eigenvalue weighted by atomic mass is 9.98. The largest absolute Gasteiger partial charge is 0.490 e. The van der Waals surface area contributed by atoms with Crippen molar-refractivity contribution in [1.82, 2.24) is 4.31 Å². The lowest BCUT2D eigenvalue weighted by molar-refractivity contribution is -0.151. The molecule has 2 heterocycles. The summed E-state index contributed by atoms with van der Waals surface area (Å²) in [7, 11) is -3.79. The van der Waals surface area contributed by atoms with Crippen LogP contribution < -0.4 is 9.47 Å². The zero-order valence-corrected chi connectivity index (χ0v) is 19.0. The Labute approximate surface area is 195 Å². The normalized spacial score (nSPS) is 17.7. The van der Waals surface area contributed by atoms with Gasteiger partial charge >= 0.3 is 12.1 Å². The van der Waals surface area contributed by atoms with E-state index in [1.165, 1.54) is 28.6 Å². The summed E-state index contributed by atoms with van der Waals surface area (Å²) in [5.74, 6) is -0.198. The van der Waals surface area contributed by atoms with Gasteiger partial charge in [-0.25, -0.2) is 8.42 Å². The van der Waals surface area contributed by atoms with Gasteiger partial charge < -0.3 is 14.2 Å². The van der Waals surface area contributed by atoms with Crippen LogP contribution in [-0.4, -0.2) is 45.0 Å². The molecule has 0 bridgehead atoms. The number of sulfonamides is 1. The van der Waals surface area contributed by atoms with Crippen molar-refractivity contribution in [2.75, 3.05) is 26.3 Å². The molecule has 2 aromatic rings. The molecule has 1 fully saturated rings. The molecule has 2 aliphatic heterocycles. The van der Waals surface area contributed by atoms with E-state index in [1.54, 1.807) is 6.07 Å². The summed E-state index contributed by atoms with van der Waals surface area (Å²) >= 11 is 0. The molecule has 0 aromatic heterocycles. The number of ether oxygens (including phenoxy) is 3. The van der Waals surface area contributed by atoms with Gasteiger partial charge in [-0.3, -0.25) is 4.79 Å². The standard InChI is InChI=1S/C23H24F3NO6S/c24-23(25,26)18-4-1-3-16(13-18)15-33-22(28)17-7-9-27(10-8-17)34(29,30)19-5-6-20-21(14-19)32-12-2-11-31-20/h1,3-6,13-14,17H,2,7-12,15H2. The molecule has 0 aliphatic carbocycles. The number of esters is 1. The monoisotopic (exact) mass is 499 g/mol. The maximum Gasteiger partial charge on any atom is 0.416 e. The van der Waals surface area contributed by atoms with Crippen molar-refractivity contribution in [3.63, 3.8) is 0 Å². The van der Waals surface area contributed by atoms with Gasteiger partial charge in [0.25, 0.3) is 0 Å². The fourth-order valence-corrected chi connectivity index (χ4v) is 5.38. The SMILES string of the molecule is O=C(OCc1cccc(C(F)(F)F)c1)C1CCN(S(=O)(=O)c2ccc3c(c2)OCCCO3)CC1. The van der Waals surface area contributed by atoms with Crippen molar-refractivity contribution in [2.24, 2.45) is 5.92 Å². The third kappa shape index (κ3) is 5.47. The number of hydrogen-bond donors (Lipinski definition) is 0. The molecule has 0 radical (unpaired) electrons. The Balaban J connectivity index is 1.34.